The van der Waals surface area contributed by atoms with Gasteiger partial charge >= 0.3 is 0 Å². The van der Waals surface area contributed by atoms with Crippen molar-refractivity contribution >= 4 is 0 Å². The molecule has 0 radical (unpaired) electrons. The Morgan fingerprint density at radius 2 is 1.94 bits per heavy atom. The highest BCUT2D eigenvalue weighted by Crippen LogP contribution is 2.19. The predicted molar refractivity (Wildman–Crippen MR) is 76.3 cm³/mol. The van der Waals surface area contributed by atoms with Crippen LogP contribution in [0.3, 0.4) is 0 Å². The number of hydrogen-bond acceptors (Lipinski definition) is 2. The lowest BCUT2D eigenvalue weighted by Crippen LogP contribution is -2.35. The Hall–Kier alpha value is -0.600. The number of rotatable bonds is 8. The van der Waals surface area contributed by atoms with Gasteiger partial charge in [0.15, 0.2) is 0 Å². The van der Waals surface area contributed by atoms with Crippen molar-refractivity contribution in [3.63, 3.8) is 0 Å². The third-order valence-corrected chi connectivity index (χ3v) is 2.67. The molecule has 0 N–H and O–H groups in total. The van der Waals surface area contributed by atoms with E-state index in [4.69, 9.17) is 4.74 Å². The van der Waals surface area contributed by atoms with Gasteiger partial charge < -0.3 is 9.64 Å². The van der Waals surface area contributed by atoms with E-state index in [0.717, 1.165) is 26.2 Å². The van der Waals surface area contributed by atoms with Crippen LogP contribution in [0, 0.1) is 5.41 Å². The first-order chi connectivity index (χ1) is 7.91. The number of ether oxygens (including phenoxy) is 1. The van der Waals surface area contributed by atoms with Gasteiger partial charge in [-0.3, -0.25) is 0 Å². The van der Waals surface area contributed by atoms with Crippen molar-refractivity contribution in [2.75, 3.05) is 33.4 Å². The molecule has 0 aliphatic heterocycles. The van der Waals surface area contributed by atoms with Crippen LogP contribution >= 0.6 is 0 Å². The van der Waals surface area contributed by atoms with Gasteiger partial charge in [-0.25, -0.2) is 0 Å². The molecule has 0 atom stereocenters. The van der Waals surface area contributed by atoms with Gasteiger partial charge in [-0.1, -0.05) is 44.6 Å². The van der Waals surface area contributed by atoms with Gasteiger partial charge in [0.25, 0.3) is 0 Å². The van der Waals surface area contributed by atoms with Crippen LogP contribution in [0.5, 0.6) is 0 Å². The Morgan fingerprint density at radius 1 is 1.29 bits per heavy atom. The maximum Gasteiger partial charge on any atom is 0.0589 e. The molecular formula is C15H29NO. The van der Waals surface area contributed by atoms with Crippen LogP contribution in [0.2, 0.25) is 0 Å². The Balaban J connectivity index is 4.29. The molecule has 17 heavy (non-hydrogen) atoms. The second-order valence-electron chi connectivity index (χ2n) is 5.45. The molecule has 0 aliphatic rings. The minimum absolute atomic E-state index is 0.204. The second-order valence-corrected chi connectivity index (χ2v) is 5.45. The third-order valence-electron chi connectivity index (χ3n) is 2.67. The monoisotopic (exact) mass is 239 g/mol. The van der Waals surface area contributed by atoms with Gasteiger partial charge in [0.1, 0.15) is 0 Å². The van der Waals surface area contributed by atoms with Crippen LogP contribution in [-0.2, 0) is 4.74 Å². The van der Waals surface area contributed by atoms with Gasteiger partial charge in [-0.2, -0.15) is 0 Å². The van der Waals surface area contributed by atoms with Crippen LogP contribution < -0.4 is 0 Å². The van der Waals surface area contributed by atoms with Crippen LogP contribution in [0.15, 0.2) is 23.8 Å². The van der Waals surface area contributed by atoms with Crippen molar-refractivity contribution in [3.05, 3.63) is 23.8 Å². The molecule has 0 unspecified atom stereocenters. The summed E-state index contributed by atoms with van der Waals surface area (Å²) < 4.78 is 5.13. The lowest BCUT2D eigenvalue weighted by atomic mass is 9.92. The Kier molecular flexibility index (Phi) is 8.19. The van der Waals surface area contributed by atoms with E-state index >= 15 is 0 Å². The van der Waals surface area contributed by atoms with E-state index in [-0.39, 0.29) is 5.41 Å². The lowest BCUT2D eigenvalue weighted by Gasteiger charge is -2.29. The van der Waals surface area contributed by atoms with Crippen LogP contribution in [0.1, 0.15) is 34.6 Å². The summed E-state index contributed by atoms with van der Waals surface area (Å²) in [6.07, 6.45) is 6.61. The summed E-state index contributed by atoms with van der Waals surface area (Å²) in [4.78, 5) is 2.43. The van der Waals surface area contributed by atoms with Crippen molar-refractivity contribution in [1.29, 1.82) is 0 Å². The van der Waals surface area contributed by atoms with Crippen molar-refractivity contribution in [3.8, 4) is 0 Å². The molecule has 0 spiro atoms. The lowest BCUT2D eigenvalue weighted by molar-refractivity contribution is 0.133. The minimum atomic E-state index is 0.204. The summed E-state index contributed by atoms with van der Waals surface area (Å²) >= 11 is 0. The molecule has 0 aromatic rings. The fraction of sp³-hybridized carbons (Fsp3) is 0.733. The van der Waals surface area contributed by atoms with E-state index in [1.165, 1.54) is 5.57 Å². The van der Waals surface area contributed by atoms with Crippen molar-refractivity contribution < 1.29 is 4.74 Å². The Bertz CT molecular complexity index is 250. The van der Waals surface area contributed by atoms with Gasteiger partial charge in [-0.15, -0.1) is 0 Å². The summed E-state index contributed by atoms with van der Waals surface area (Å²) in [5.41, 5.74) is 1.54. The molecule has 0 fully saturated rings. The fourth-order valence-corrected chi connectivity index (χ4v) is 1.70. The van der Waals surface area contributed by atoms with Gasteiger partial charge in [0, 0.05) is 20.2 Å². The molecule has 0 aliphatic carbocycles. The Labute approximate surface area is 107 Å². The highest BCUT2D eigenvalue weighted by atomic mass is 16.5. The van der Waals surface area contributed by atoms with E-state index in [9.17, 15) is 0 Å². The van der Waals surface area contributed by atoms with Crippen LogP contribution in [0.25, 0.3) is 0 Å². The highest BCUT2D eigenvalue weighted by molar-refractivity contribution is 5.11. The van der Waals surface area contributed by atoms with E-state index in [2.05, 4.69) is 57.7 Å². The number of methoxy groups -OCH3 is 1. The zero-order valence-corrected chi connectivity index (χ0v) is 12.4. The van der Waals surface area contributed by atoms with Crippen LogP contribution in [0.4, 0.5) is 0 Å². The van der Waals surface area contributed by atoms with E-state index in [1.807, 2.05) is 0 Å². The smallest absolute Gasteiger partial charge is 0.0589 e. The molecule has 100 valence electrons. The molecule has 0 saturated carbocycles. The first kappa shape index (κ1) is 16.4. The number of hydrogen-bond donors (Lipinski definition) is 0. The topological polar surface area (TPSA) is 12.5 Å². The average Bonchev–Trinajstić information content (AvgIpc) is 2.23. The summed E-state index contributed by atoms with van der Waals surface area (Å²) in [5, 5.41) is 0. The Morgan fingerprint density at radius 3 is 2.41 bits per heavy atom. The first-order valence-corrected chi connectivity index (χ1v) is 6.45. The maximum absolute atomic E-state index is 5.13. The van der Waals surface area contributed by atoms with Gasteiger partial charge in [-0.05, 0) is 25.8 Å². The predicted octanol–water partition coefficient (Wildman–Crippen LogP) is 3.50. The summed E-state index contributed by atoms with van der Waals surface area (Å²) in [6.45, 7) is 14.9. The maximum atomic E-state index is 5.13. The molecule has 2 nitrogen and oxygen atoms in total. The van der Waals surface area contributed by atoms with Gasteiger partial charge in [0.2, 0.25) is 0 Å². The van der Waals surface area contributed by atoms with E-state index < -0.39 is 0 Å². The standard InChI is InChI=1S/C15H29NO/c1-7-16(11-12-17-6)13-15(4,5)10-8-9-14(2)3/h8-10H,7,11-13H2,1-6H3. The van der Waals surface area contributed by atoms with E-state index in [0.29, 0.717) is 0 Å². The highest BCUT2D eigenvalue weighted by Gasteiger charge is 2.17. The number of allylic oxidation sites excluding steroid dienone is 3. The zero-order valence-electron chi connectivity index (χ0n) is 12.4. The number of likely N-dealkylation sites (N-methyl/N-ethyl adjacent to an activating group) is 1. The number of nitrogens with zero attached hydrogens (tertiary/aromatic N) is 1. The largest absolute Gasteiger partial charge is 0.383 e. The minimum Gasteiger partial charge on any atom is -0.383 e. The molecule has 0 rings (SSSR count). The van der Waals surface area contributed by atoms with Crippen molar-refractivity contribution in [2.24, 2.45) is 5.41 Å². The first-order valence-electron chi connectivity index (χ1n) is 6.45. The quantitative estimate of drug-likeness (QED) is 0.601. The van der Waals surface area contributed by atoms with Crippen molar-refractivity contribution in [2.45, 2.75) is 34.6 Å². The summed E-state index contributed by atoms with van der Waals surface area (Å²) in [7, 11) is 1.76. The molecule has 0 heterocycles. The van der Waals surface area contributed by atoms with Crippen LogP contribution in [-0.4, -0.2) is 38.3 Å². The summed E-state index contributed by atoms with van der Waals surface area (Å²) in [6, 6.07) is 0. The average molecular weight is 239 g/mol. The second kappa shape index (κ2) is 8.48. The van der Waals surface area contributed by atoms with Gasteiger partial charge in [0.05, 0.1) is 6.61 Å². The third kappa shape index (κ3) is 9.13. The SMILES string of the molecule is CCN(CCOC)CC(C)(C)C=CC=C(C)C. The van der Waals surface area contributed by atoms with Crippen molar-refractivity contribution in [1.82, 2.24) is 4.90 Å². The normalized spacial score (nSPS) is 12.4. The molecule has 0 aromatic heterocycles. The molecule has 0 amide bonds. The molecular weight excluding hydrogens is 210 g/mol. The molecule has 0 saturated heterocycles. The molecule has 0 bridgehead atoms. The zero-order chi connectivity index (χ0) is 13.3. The molecule has 0 aromatic carbocycles. The van der Waals surface area contributed by atoms with E-state index in [1.54, 1.807) is 7.11 Å². The molecule has 2 heteroatoms. The summed E-state index contributed by atoms with van der Waals surface area (Å²) in [5.74, 6) is 0. The fourth-order valence-electron chi connectivity index (χ4n) is 1.70.